The van der Waals surface area contributed by atoms with E-state index in [4.69, 9.17) is 16.3 Å². The summed E-state index contributed by atoms with van der Waals surface area (Å²) in [7, 11) is -3.29. The van der Waals surface area contributed by atoms with Crippen LogP contribution in [0.2, 0.25) is 4.34 Å². The second-order valence-corrected chi connectivity index (χ2v) is 13.4. The summed E-state index contributed by atoms with van der Waals surface area (Å²) in [6.45, 7) is 5.98. The fourth-order valence-corrected chi connectivity index (χ4v) is 6.65. The van der Waals surface area contributed by atoms with Gasteiger partial charge in [-0.05, 0) is 55.0 Å². The highest BCUT2D eigenvalue weighted by Gasteiger charge is 2.36. The van der Waals surface area contributed by atoms with Crippen molar-refractivity contribution in [2.75, 3.05) is 11.9 Å². The average Bonchev–Trinajstić information content (AvgIpc) is 3.57. The lowest BCUT2D eigenvalue weighted by Crippen LogP contribution is -2.17. The number of ether oxygens (including phenoxy) is 1. The molecule has 12 heteroatoms. The summed E-state index contributed by atoms with van der Waals surface area (Å²) >= 11 is 7.26. The Balaban J connectivity index is 1.56. The van der Waals surface area contributed by atoms with Gasteiger partial charge in [-0.1, -0.05) is 48.9 Å². The van der Waals surface area contributed by atoms with Crippen molar-refractivity contribution in [3.63, 3.8) is 0 Å². The van der Waals surface area contributed by atoms with Crippen molar-refractivity contribution < 1.29 is 27.9 Å². The predicted molar refractivity (Wildman–Crippen MR) is 145 cm³/mol. The van der Waals surface area contributed by atoms with Crippen LogP contribution in [0, 0.1) is 5.92 Å². The normalized spacial score (nSPS) is 14.5. The number of hydrogen-bond donors (Lipinski definition) is 2. The fourth-order valence-electron chi connectivity index (χ4n) is 3.96. The molecule has 2 heterocycles. The van der Waals surface area contributed by atoms with Crippen molar-refractivity contribution in [3.05, 3.63) is 63.4 Å². The van der Waals surface area contributed by atoms with Gasteiger partial charge in [-0.15, -0.1) is 0 Å². The summed E-state index contributed by atoms with van der Waals surface area (Å²) in [6, 6.07) is 8.29. The van der Waals surface area contributed by atoms with E-state index in [1.54, 1.807) is 48.0 Å². The van der Waals surface area contributed by atoms with E-state index in [2.05, 4.69) is 10.3 Å². The van der Waals surface area contributed by atoms with E-state index in [1.165, 1.54) is 0 Å². The zero-order valence-electron chi connectivity index (χ0n) is 21.3. The smallest absolute Gasteiger partial charge is 0.311 e. The molecule has 0 aliphatic heterocycles. The van der Waals surface area contributed by atoms with Gasteiger partial charge in [0.05, 0.1) is 35.0 Å². The van der Waals surface area contributed by atoms with Crippen molar-refractivity contribution in [3.8, 4) is 0 Å². The summed E-state index contributed by atoms with van der Waals surface area (Å²) in [5, 5.41) is 13.3. The van der Waals surface area contributed by atoms with Crippen molar-refractivity contribution in [1.29, 1.82) is 0 Å². The summed E-state index contributed by atoms with van der Waals surface area (Å²) < 4.78 is 31.9. The molecule has 1 fully saturated rings. The third kappa shape index (κ3) is 6.45. The molecule has 4 rings (SSSR count). The number of aliphatic hydroxyl groups is 1. The molecule has 1 aliphatic carbocycles. The van der Waals surface area contributed by atoms with Crippen molar-refractivity contribution in [2.24, 2.45) is 5.92 Å². The van der Waals surface area contributed by atoms with Crippen molar-refractivity contribution in [1.82, 2.24) is 9.55 Å². The van der Waals surface area contributed by atoms with E-state index < -0.39 is 27.8 Å². The monoisotopic (exact) mass is 579 g/mol. The standard InChI is InChI=1S/C26H30ClN3O6S2/c1-4-36-22(31)12-20-24(27)37-26(28-20)29-25(33)21-11-17(23(32)15(2)3)14-30(21)13-16-5-7-18(8-6-16)38(34,35)19-9-10-19/h5-8,11,14-15,19,23,32H,4,9-10,12-13H2,1-3H3,(H,28,29,33). The maximum Gasteiger partial charge on any atom is 0.311 e. The van der Waals surface area contributed by atoms with Crippen LogP contribution in [0.4, 0.5) is 5.13 Å². The first-order chi connectivity index (χ1) is 18.0. The molecule has 2 aromatic heterocycles. The van der Waals surface area contributed by atoms with E-state index in [0.29, 0.717) is 29.0 Å². The highest BCUT2D eigenvalue weighted by atomic mass is 35.5. The van der Waals surface area contributed by atoms with Gasteiger partial charge in [0.15, 0.2) is 15.0 Å². The Labute approximate surface area is 230 Å². The van der Waals surface area contributed by atoms with Crippen LogP contribution in [-0.4, -0.2) is 46.8 Å². The number of hydrogen-bond acceptors (Lipinski definition) is 8. The number of nitrogens with one attached hydrogen (secondary N) is 1. The molecule has 0 spiro atoms. The second kappa shape index (κ2) is 11.6. The van der Waals surface area contributed by atoms with Crippen LogP contribution in [-0.2, 0) is 32.3 Å². The minimum atomic E-state index is -3.29. The van der Waals surface area contributed by atoms with Crippen molar-refractivity contribution in [2.45, 2.75) is 62.8 Å². The second-order valence-electron chi connectivity index (χ2n) is 9.54. The number of nitrogens with zero attached hydrogens (tertiary/aromatic N) is 2. The number of carbonyl (C=O) groups is 2. The topological polar surface area (TPSA) is 128 Å². The number of anilines is 1. The molecule has 1 aliphatic rings. The minimum absolute atomic E-state index is 0.0723. The first kappa shape index (κ1) is 28.3. The molecule has 0 bridgehead atoms. The summed E-state index contributed by atoms with van der Waals surface area (Å²) in [5.74, 6) is -1.00. The molecule has 2 N–H and O–H groups in total. The number of thiazole rings is 1. The number of amides is 1. The molecule has 1 amide bonds. The fraction of sp³-hybridized carbons (Fsp3) is 0.423. The maximum absolute atomic E-state index is 13.3. The molecule has 204 valence electrons. The van der Waals surface area contributed by atoms with Gasteiger partial charge in [0.25, 0.3) is 5.91 Å². The zero-order valence-corrected chi connectivity index (χ0v) is 23.7. The Morgan fingerprint density at radius 2 is 1.95 bits per heavy atom. The average molecular weight is 580 g/mol. The molecule has 1 atom stereocenters. The first-order valence-corrected chi connectivity index (χ1v) is 15.1. The maximum atomic E-state index is 13.3. The first-order valence-electron chi connectivity index (χ1n) is 12.3. The van der Waals surface area contributed by atoms with Gasteiger partial charge < -0.3 is 14.4 Å². The third-order valence-corrected chi connectivity index (χ3v) is 9.71. The molecular weight excluding hydrogens is 550 g/mol. The number of rotatable bonds is 11. The Morgan fingerprint density at radius 1 is 1.26 bits per heavy atom. The highest BCUT2D eigenvalue weighted by Crippen LogP contribution is 2.34. The Kier molecular flexibility index (Phi) is 8.61. The van der Waals surface area contributed by atoms with Gasteiger partial charge in [-0.3, -0.25) is 14.9 Å². The van der Waals surface area contributed by atoms with Gasteiger partial charge >= 0.3 is 5.97 Å². The van der Waals surface area contributed by atoms with Crippen LogP contribution in [0.3, 0.4) is 0 Å². The van der Waals surface area contributed by atoms with Crippen LogP contribution >= 0.6 is 22.9 Å². The van der Waals surface area contributed by atoms with E-state index in [1.807, 2.05) is 13.8 Å². The molecule has 38 heavy (non-hydrogen) atoms. The van der Waals surface area contributed by atoms with Crippen LogP contribution < -0.4 is 5.32 Å². The number of benzene rings is 1. The molecule has 3 aromatic rings. The number of aliphatic hydroxyl groups excluding tert-OH is 1. The SMILES string of the molecule is CCOC(=O)Cc1nc(NC(=O)c2cc(C(O)C(C)C)cn2Cc2ccc(S(=O)(=O)C3CC3)cc2)sc1Cl. The van der Waals surface area contributed by atoms with Crippen LogP contribution in [0.25, 0.3) is 0 Å². The molecule has 1 aromatic carbocycles. The quantitative estimate of drug-likeness (QED) is 0.317. The van der Waals surface area contributed by atoms with Crippen molar-refractivity contribution >= 4 is 49.8 Å². The highest BCUT2D eigenvalue weighted by molar-refractivity contribution is 7.92. The molecule has 0 saturated heterocycles. The molecule has 0 radical (unpaired) electrons. The minimum Gasteiger partial charge on any atom is -0.466 e. The largest absolute Gasteiger partial charge is 0.466 e. The number of halogens is 1. The van der Waals surface area contributed by atoms with E-state index in [-0.39, 0.29) is 45.9 Å². The van der Waals surface area contributed by atoms with Gasteiger partial charge in [-0.25, -0.2) is 13.4 Å². The molecule has 1 unspecified atom stereocenters. The molecule has 9 nitrogen and oxygen atoms in total. The summed E-state index contributed by atoms with van der Waals surface area (Å²) in [6.07, 6.45) is 2.23. The van der Waals surface area contributed by atoms with Crippen LogP contribution in [0.15, 0.2) is 41.4 Å². The van der Waals surface area contributed by atoms with Gasteiger partial charge in [0.1, 0.15) is 10.0 Å². The summed E-state index contributed by atoms with van der Waals surface area (Å²) in [4.78, 5) is 29.7. The Hall–Kier alpha value is -2.73. The van der Waals surface area contributed by atoms with Gasteiger partial charge in [0, 0.05) is 12.7 Å². The Morgan fingerprint density at radius 3 is 2.55 bits per heavy atom. The number of esters is 1. The third-order valence-electron chi connectivity index (χ3n) is 6.18. The summed E-state index contributed by atoms with van der Waals surface area (Å²) in [5.41, 5.74) is 1.98. The zero-order chi connectivity index (χ0) is 27.6. The molecule has 1 saturated carbocycles. The predicted octanol–water partition coefficient (Wildman–Crippen LogP) is 4.63. The number of sulfone groups is 1. The number of aromatic nitrogens is 2. The van der Waals surface area contributed by atoms with E-state index >= 15 is 0 Å². The lowest BCUT2D eigenvalue weighted by molar-refractivity contribution is -0.142. The van der Waals surface area contributed by atoms with E-state index in [9.17, 15) is 23.1 Å². The lowest BCUT2D eigenvalue weighted by atomic mass is 10.0. The van der Waals surface area contributed by atoms with Crippen LogP contribution in [0.1, 0.15) is 67.0 Å². The van der Waals surface area contributed by atoms with Gasteiger partial charge in [0.2, 0.25) is 0 Å². The lowest BCUT2D eigenvalue weighted by Gasteiger charge is -2.12. The Bertz CT molecular complexity index is 1430. The molecular formula is C26H30ClN3O6S2. The van der Waals surface area contributed by atoms with Gasteiger partial charge in [-0.2, -0.15) is 0 Å². The van der Waals surface area contributed by atoms with Crippen LogP contribution in [0.5, 0.6) is 0 Å². The number of carbonyl (C=O) groups excluding carboxylic acids is 2. The van der Waals surface area contributed by atoms with E-state index in [0.717, 1.165) is 16.9 Å².